The minimum atomic E-state index is -0.486. The van der Waals surface area contributed by atoms with Crippen LogP contribution in [0.1, 0.15) is 16.1 Å². The van der Waals surface area contributed by atoms with Gasteiger partial charge in [-0.05, 0) is 30.3 Å². The third-order valence-corrected chi connectivity index (χ3v) is 4.57. The van der Waals surface area contributed by atoms with E-state index >= 15 is 0 Å². The van der Waals surface area contributed by atoms with Crippen molar-refractivity contribution in [3.63, 3.8) is 0 Å². The van der Waals surface area contributed by atoms with E-state index in [1.165, 1.54) is 21.8 Å². The summed E-state index contributed by atoms with van der Waals surface area (Å²) in [6.07, 6.45) is 1.51. The van der Waals surface area contributed by atoms with Crippen LogP contribution in [0.25, 0.3) is 17.1 Å². The number of hydrogen-bond donors (Lipinski definition) is 3. The monoisotopic (exact) mass is 406 g/mol. The van der Waals surface area contributed by atoms with Gasteiger partial charge in [0, 0.05) is 13.1 Å². The second-order valence-electron chi connectivity index (χ2n) is 6.62. The highest BCUT2D eigenvalue weighted by Gasteiger charge is 2.24. The second kappa shape index (κ2) is 7.63. The van der Waals surface area contributed by atoms with Crippen molar-refractivity contribution in [2.24, 2.45) is 0 Å². The predicted molar refractivity (Wildman–Crippen MR) is 106 cm³/mol. The molecule has 0 saturated carbocycles. The molecule has 0 radical (unpaired) electrons. The summed E-state index contributed by atoms with van der Waals surface area (Å²) in [5.74, 6) is -0.498. The first kappa shape index (κ1) is 19.1. The summed E-state index contributed by atoms with van der Waals surface area (Å²) in [6, 6.07) is 14.3. The maximum atomic E-state index is 12.9. The van der Waals surface area contributed by atoms with Gasteiger partial charge in [-0.3, -0.25) is 4.79 Å². The van der Waals surface area contributed by atoms with Crippen molar-refractivity contribution in [3.8, 4) is 34.6 Å². The maximum absolute atomic E-state index is 12.9. The molecule has 2 aromatic heterocycles. The molecular formula is C21H18N4O5. The van der Waals surface area contributed by atoms with E-state index in [2.05, 4.69) is 10.2 Å². The first-order valence-corrected chi connectivity index (χ1v) is 8.99. The fraction of sp³-hybridized carbons (Fsp3) is 0.0952. The Labute approximate surface area is 171 Å². The van der Waals surface area contributed by atoms with Gasteiger partial charge in [-0.2, -0.15) is 0 Å². The molecule has 0 fully saturated rings. The standard InChI is InChI=1S/C21H18N4O5/c1-24(12-14-8-5-9-30-14)20(28)16-10-15(17(26)11-18(16)27)19-22-23-21(29)25(19)13-6-3-2-4-7-13/h2-11,26-27H,12H2,1H3,(H,23,29). The molecular weight excluding hydrogens is 388 g/mol. The van der Waals surface area contributed by atoms with Crippen molar-refractivity contribution >= 4 is 5.91 Å². The molecule has 0 spiro atoms. The molecule has 0 saturated heterocycles. The molecule has 2 aromatic carbocycles. The Kier molecular flexibility index (Phi) is 4.85. The highest BCUT2D eigenvalue weighted by atomic mass is 16.3. The molecule has 9 nitrogen and oxygen atoms in total. The van der Waals surface area contributed by atoms with Crippen molar-refractivity contribution in [3.05, 3.63) is 72.2 Å². The van der Waals surface area contributed by atoms with Crippen LogP contribution in [-0.4, -0.2) is 47.9 Å². The molecule has 0 unspecified atom stereocenters. The van der Waals surface area contributed by atoms with Crippen LogP contribution in [-0.2, 0) is 6.54 Å². The van der Waals surface area contributed by atoms with E-state index in [0.29, 0.717) is 11.4 Å². The largest absolute Gasteiger partial charge is 0.507 e. The Morgan fingerprint density at radius 2 is 1.80 bits per heavy atom. The zero-order chi connectivity index (χ0) is 21.3. The van der Waals surface area contributed by atoms with Gasteiger partial charge in [0.1, 0.15) is 17.3 Å². The molecule has 4 aromatic rings. The first-order chi connectivity index (χ1) is 14.5. The molecule has 0 aliphatic heterocycles. The van der Waals surface area contributed by atoms with Crippen LogP contribution in [0, 0.1) is 0 Å². The number of amides is 1. The number of hydrogen-bond acceptors (Lipinski definition) is 7. The number of benzene rings is 2. The normalized spacial score (nSPS) is 10.8. The van der Waals surface area contributed by atoms with Gasteiger partial charge in [0.25, 0.3) is 5.91 Å². The van der Waals surface area contributed by atoms with E-state index in [-0.39, 0.29) is 41.0 Å². The lowest BCUT2D eigenvalue weighted by atomic mass is 10.1. The number of rotatable bonds is 5. The van der Waals surface area contributed by atoms with Crippen molar-refractivity contribution in [2.45, 2.75) is 6.54 Å². The molecule has 0 bridgehead atoms. The van der Waals surface area contributed by atoms with E-state index in [4.69, 9.17) is 4.42 Å². The number of carbonyl (C=O) groups excluding carboxylic acids is 1. The van der Waals surface area contributed by atoms with Crippen molar-refractivity contribution in [1.82, 2.24) is 19.7 Å². The second-order valence-corrected chi connectivity index (χ2v) is 6.62. The quantitative estimate of drug-likeness (QED) is 0.465. The van der Waals surface area contributed by atoms with Gasteiger partial charge in [-0.15, -0.1) is 5.10 Å². The molecule has 2 heterocycles. The topological polar surface area (TPSA) is 125 Å². The van der Waals surface area contributed by atoms with Gasteiger partial charge < -0.3 is 24.6 Å². The molecule has 3 N–H and O–H groups in total. The van der Waals surface area contributed by atoms with Crippen LogP contribution in [0.4, 0.5) is 0 Å². The Balaban J connectivity index is 1.76. The predicted octanol–water partition coefficient (Wildman–Crippen LogP) is 2.92. The Bertz CT molecular complexity index is 1190. The summed E-state index contributed by atoms with van der Waals surface area (Å²) in [7, 11) is 1.56. The van der Waals surface area contributed by atoms with Gasteiger partial charge in [0.05, 0.1) is 29.6 Å². The smallest absolute Gasteiger partial charge is 0.319 e. The van der Waals surface area contributed by atoms with Gasteiger partial charge in [-0.1, -0.05) is 23.3 Å². The Hall–Kier alpha value is -4.27. The zero-order valence-corrected chi connectivity index (χ0v) is 15.9. The third-order valence-electron chi connectivity index (χ3n) is 4.57. The van der Waals surface area contributed by atoms with Gasteiger partial charge in [0.2, 0.25) is 0 Å². The van der Waals surface area contributed by atoms with Crippen molar-refractivity contribution in [2.75, 3.05) is 7.05 Å². The average Bonchev–Trinajstić information content (AvgIpc) is 3.38. The number of nitrogens with zero attached hydrogens (tertiary/aromatic N) is 4. The highest BCUT2D eigenvalue weighted by Crippen LogP contribution is 2.36. The number of phenolic OH excluding ortho intramolecular Hbond substituents is 2. The number of para-hydroxylation sites is 1. The van der Waals surface area contributed by atoms with Gasteiger partial charge in [0.15, 0.2) is 5.82 Å². The summed E-state index contributed by atoms with van der Waals surface area (Å²) >= 11 is 0. The summed E-state index contributed by atoms with van der Waals surface area (Å²) in [5.41, 5.74) is 0.642. The lowest BCUT2D eigenvalue weighted by Crippen LogP contribution is -2.26. The fourth-order valence-corrected chi connectivity index (χ4v) is 3.11. The molecule has 0 aliphatic rings. The lowest BCUT2D eigenvalue weighted by Gasteiger charge is -2.17. The average molecular weight is 406 g/mol. The van der Waals surface area contributed by atoms with E-state index in [0.717, 1.165) is 6.07 Å². The Morgan fingerprint density at radius 1 is 1.03 bits per heavy atom. The molecule has 4 rings (SSSR count). The number of aromatic nitrogens is 3. The van der Waals surface area contributed by atoms with E-state index < -0.39 is 5.91 Å². The van der Waals surface area contributed by atoms with Crippen molar-refractivity contribution < 1.29 is 24.5 Å². The van der Waals surface area contributed by atoms with Crippen LogP contribution >= 0.6 is 0 Å². The minimum absolute atomic E-state index is 0.0426. The van der Waals surface area contributed by atoms with Gasteiger partial charge in [-0.25, -0.2) is 4.57 Å². The zero-order valence-electron chi connectivity index (χ0n) is 15.9. The molecule has 0 atom stereocenters. The van der Waals surface area contributed by atoms with Gasteiger partial charge >= 0.3 is 6.01 Å². The lowest BCUT2D eigenvalue weighted by molar-refractivity contribution is 0.0772. The third kappa shape index (κ3) is 3.44. The first-order valence-electron chi connectivity index (χ1n) is 8.99. The van der Waals surface area contributed by atoms with E-state index in [9.17, 15) is 20.1 Å². The minimum Gasteiger partial charge on any atom is -0.507 e. The molecule has 0 aliphatic carbocycles. The molecule has 9 heteroatoms. The maximum Gasteiger partial charge on any atom is 0.319 e. The number of carbonyl (C=O) groups is 1. The van der Waals surface area contributed by atoms with E-state index in [1.54, 1.807) is 43.4 Å². The molecule has 30 heavy (non-hydrogen) atoms. The van der Waals surface area contributed by atoms with Crippen LogP contribution in [0.3, 0.4) is 0 Å². The Morgan fingerprint density at radius 3 is 2.50 bits per heavy atom. The summed E-state index contributed by atoms with van der Waals surface area (Å²) in [5, 5.41) is 38.5. The van der Waals surface area contributed by atoms with Crippen LogP contribution in [0.2, 0.25) is 0 Å². The van der Waals surface area contributed by atoms with Crippen molar-refractivity contribution in [1.29, 1.82) is 0 Å². The molecule has 152 valence electrons. The van der Waals surface area contributed by atoms with E-state index in [1.807, 2.05) is 6.07 Å². The highest BCUT2D eigenvalue weighted by molar-refractivity contribution is 5.98. The summed E-state index contributed by atoms with van der Waals surface area (Å²) in [4.78, 5) is 14.3. The SMILES string of the molecule is CN(Cc1ccco1)C(=O)c1cc(-c2nnc(O)n2-c2ccccc2)c(O)cc1O. The van der Waals surface area contributed by atoms with Crippen LogP contribution < -0.4 is 0 Å². The number of aromatic hydroxyl groups is 3. The fourth-order valence-electron chi connectivity index (χ4n) is 3.11. The summed E-state index contributed by atoms with van der Waals surface area (Å²) in [6.45, 7) is 0.197. The number of furan rings is 1. The summed E-state index contributed by atoms with van der Waals surface area (Å²) < 4.78 is 6.58. The van der Waals surface area contributed by atoms with Crippen LogP contribution in [0.15, 0.2) is 65.3 Å². The number of phenols is 2. The van der Waals surface area contributed by atoms with Crippen LogP contribution in [0.5, 0.6) is 17.5 Å². The molecule has 1 amide bonds.